The van der Waals surface area contributed by atoms with Crippen molar-refractivity contribution >= 4 is 17.3 Å². The van der Waals surface area contributed by atoms with E-state index in [1.807, 2.05) is 0 Å². The van der Waals surface area contributed by atoms with E-state index in [1.54, 1.807) is 0 Å². The zero-order valence-electron chi connectivity index (χ0n) is 24.8. The molecule has 0 saturated heterocycles. The number of aromatic nitrogens is 1. The number of carbonyl (C=O) groups is 1. The number of amides is 1. The number of alkyl halides is 6. The number of benzene rings is 2. The summed E-state index contributed by atoms with van der Waals surface area (Å²) in [6, 6.07) is 9.23. The van der Waals surface area contributed by atoms with Crippen molar-refractivity contribution in [3.63, 3.8) is 0 Å². The van der Waals surface area contributed by atoms with Crippen LogP contribution in [0.2, 0.25) is 0 Å². The van der Waals surface area contributed by atoms with Crippen LogP contribution in [0.1, 0.15) is 54.4 Å². The summed E-state index contributed by atoms with van der Waals surface area (Å²) < 4.78 is 98.8. The van der Waals surface area contributed by atoms with Crippen molar-refractivity contribution in [3.05, 3.63) is 88.1 Å². The van der Waals surface area contributed by atoms with Crippen molar-refractivity contribution in [2.45, 2.75) is 51.1 Å². The number of pyridine rings is 1. The van der Waals surface area contributed by atoms with Gasteiger partial charge in [0.2, 0.25) is 0 Å². The summed E-state index contributed by atoms with van der Waals surface area (Å²) in [5.41, 5.74) is -1.98. The summed E-state index contributed by atoms with van der Waals surface area (Å²) >= 11 is 0. The number of anilines is 1. The normalized spacial score (nSPS) is 13.4. The maximum absolute atomic E-state index is 15.2. The van der Waals surface area contributed by atoms with Gasteiger partial charge in [-0.25, -0.2) is 4.39 Å². The Hall–Kier alpha value is -4.82. The van der Waals surface area contributed by atoms with Gasteiger partial charge in [-0.1, -0.05) is 0 Å². The summed E-state index contributed by atoms with van der Waals surface area (Å²) in [6.07, 6.45) is -4.47. The van der Waals surface area contributed by atoms with Crippen LogP contribution in [0.15, 0.2) is 65.6 Å². The third-order valence-electron chi connectivity index (χ3n) is 6.97. The first-order valence-corrected chi connectivity index (χ1v) is 14.6. The monoisotopic (exact) mass is 668 g/mol. The molecule has 1 amide bonds. The maximum Gasteiger partial charge on any atom is 0.573 e. The Bertz CT molecular complexity index is 1650. The average molecular weight is 669 g/mol. The molecule has 15 heteroatoms. The number of nitrogens with one attached hydrogen (secondary N) is 4. The Labute approximate surface area is 264 Å². The third kappa shape index (κ3) is 11.2. The summed E-state index contributed by atoms with van der Waals surface area (Å²) in [4.78, 5) is 29.0. The fourth-order valence-corrected chi connectivity index (χ4v) is 4.46. The predicted molar refractivity (Wildman–Crippen MR) is 160 cm³/mol. The lowest BCUT2D eigenvalue weighted by atomic mass is 10.00. The van der Waals surface area contributed by atoms with Crippen molar-refractivity contribution in [1.82, 2.24) is 10.3 Å². The number of rotatable bonds is 15. The summed E-state index contributed by atoms with van der Waals surface area (Å²) in [7, 11) is 0. The van der Waals surface area contributed by atoms with Gasteiger partial charge in [-0.15, -0.1) is 13.2 Å². The zero-order valence-corrected chi connectivity index (χ0v) is 24.8. The summed E-state index contributed by atoms with van der Waals surface area (Å²) in [5.74, 6) is -1.67. The third-order valence-corrected chi connectivity index (χ3v) is 6.97. The van der Waals surface area contributed by atoms with E-state index in [9.17, 15) is 35.9 Å². The number of halogens is 7. The molecule has 1 aliphatic carbocycles. The highest BCUT2D eigenvalue weighted by Crippen LogP contribution is 2.29. The number of ether oxygens (including phenoxy) is 2. The van der Waals surface area contributed by atoms with E-state index >= 15 is 4.39 Å². The second kappa shape index (κ2) is 15.2. The van der Waals surface area contributed by atoms with Gasteiger partial charge in [-0.3, -0.25) is 9.59 Å². The molecule has 0 radical (unpaired) electrons. The Kier molecular flexibility index (Phi) is 11.3. The van der Waals surface area contributed by atoms with Crippen LogP contribution in [0, 0.1) is 17.1 Å². The molecule has 8 nitrogen and oxygen atoms in total. The molecule has 252 valence electrons. The van der Waals surface area contributed by atoms with Crippen molar-refractivity contribution in [2.24, 2.45) is 5.92 Å². The maximum atomic E-state index is 15.2. The minimum Gasteiger partial charge on any atom is -0.493 e. The fraction of sp³-hybridized carbons (Fsp3) is 0.344. The highest BCUT2D eigenvalue weighted by Gasteiger charge is 2.31. The van der Waals surface area contributed by atoms with Crippen molar-refractivity contribution in [2.75, 3.05) is 18.5 Å². The molecule has 1 saturated carbocycles. The minimum atomic E-state index is -4.91. The van der Waals surface area contributed by atoms with Gasteiger partial charge in [0.15, 0.2) is 0 Å². The molecule has 0 unspecified atom stereocenters. The highest BCUT2D eigenvalue weighted by atomic mass is 19.4. The summed E-state index contributed by atoms with van der Waals surface area (Å²) in [5, 5.41) is 14.1. The van der Waals surface area contributed by atoms with Gasteiger partial charge in [0, 0.05) is 35.8 Å². The Balaban J connectivity index is 1.54. The minimum absolute atomic E-state index is 0.0362. The lowest BCUT2D eigenvalue weighted by Gasteiger charge is -2.13. The van der Waals surface area contributed by atoms with Gasteiger partial charge in [0.1, 0.15) is 22.9 Å². The first-order valence-electron chi connectivity index (χ1n) is 14.6. The van der Waals surface area contributed by atoms with Crippen LogP contribution in [0.5, 0.6) is 11.5 Å². The molecule has 1 aliphatic rings. The molecule has 2 aromatic carbocycles. The largest absolute Gasteiger partial charge is 0.573 e. The van der Waals surface area contributed by atoms with Crippen LogP contribution in [0.3, 0.4) is 0 Å². The van der Waals surface area contributed by atoms with Crippen LogP contribution in [0.4, 0.5) is 36.4 Å². The number of carbonyl (C=O) groups excluding carboxylic acids is 1. The number of H-pyrrole nitrogens is 1. The van der Waals surface area contributed by atoms with Crippen LogP contribution >= 0.6 is 0 Å². The van der Waals surface area contributed by atoms with Crippen molar-refractivity contribution in [1.29, 1.82) is 5.41 Å². The molecule has 1 heterocycles. The molecule has 0 aliphatic heterocycles. The molecule has 1 fully saturated rings. The summed E-state index contributed by atoms with van der Waals surface area (Å²) in [6.45, 7) is 0.747. The van der Waals surface area contributed by atoms with E-state index < -0.39 is 47.6 Å². The van der Waals surface area contributed by atoms with Gasteiger partial charge in [0.25, 0.3) is 11.5 Å². The first kappa shape index (κ1) is 35.0. The molecule has 3 aromatic rings. The van der Waals surface area contributed by atoms with E-state index in [0.717, 1.165) is 43.2 Å². The second-order valence-electron chi connectivity index (χ2n) is 10.8. The van der Waals surface area contributed by atoms with Crippen molar-refractivity contribution < 1.29 is 45.0 Å². The number of hydrogen-bond acceptors (Lipinski definition) is 6. The molecular weight excluding hydrogens is 637 g/mol. The molecule has 1 aromatic heterocycles. The molecule has 0 bridgehead atoms. The quantitative estimate of drug-likeness (QED) is 0.0752. The molecule has 0 spiro atoms. The Morgan fingerprint density at radius 3 is 2.32 bits per heavy atom. The molecule has 4 N–H and O–H groups in total. The van der Waals surface area contributed by atoms with Crippen LogP contribution < -0.4 is 25.7 Å². The van der Waals surface area contributed by atoms with Crippen LogP contribution in [-0.4, -0.2) is 42.3 Å². The van der Waals surface area contributed by atoms with E-state index in [1.165, 1.54) is 30.5 Å². The lowest BCUT2D eigenvalue weighted by Crippen LogP contribution is -2.27. The predicted octanol–water partition coefficient (Wildman–Crippen LogP) is 7.71. The molecule has 47 heavy (non-hydrogen) atoms. The van der Waals surface area contributed by atoms with Crippen molar-refractivity contribution in [3.8, 4) is 22.8 Å². The number of hydrogen-bond donors (Lipinski definition) is 4. The highest BCUT2D eigenvalue weighted by molar-refractivity contribution is 6.16. The van der Waals surface area contributed by atoms with Gasteiger partial charge in [-0.2, -0.15) is 13.2 Å². The number of aromatic amines is 1. The van der Waals surface area contributed by atoms with E-state index in [-0.39, 0.29) is 53.4 Å². The first-order chi connectivity index (χ1) is 22.2. The van der Waals surface area contributed by atoms with Gasteiger partial charge >= 0.3 is 12.5 Å². The Morgan fingerprint density at radius 1 is 0.979 bits per heavy atom. The van der Waals surface area contributed by atoms with Crippen LogP contribution in [0.25, 0.3) is 11.3 Å². The Morgan fingerprint density at radius 2 is 1.68 bits per heavy atom. The van der Waals surface area contributed by atoms with Gasteiger partial charge < -0.3 is 30.5 Å². The average Bonchev–Trinajstić information content (AvgIpc) is 3.81. The molecular formula is C32H31F7N4O4. The van der Waals surface area contributed by atoms with E-state index in [0.29, 0.717) is 18.9 Å². The topological polar surface area (TPSA) is 116 Å². The lowest BCUT2D eigenvalue weighted by molar-refractivity contribution is -0.274. The smallest absolute Gasteiger partial charge is 0.493 e. The molecule has 4 rings (SSSR count). The second-order valence-corrected chi connectivity index (χ2v) is 10.8. The SMILES string of the molecule is N=C(/C=C\NCC1CC1)c1cc(-c2ccc(OCCCCCC(F)(F)F)cc2F)[nH]c(=O)c1C(=O)Nc1ccc(OC(F)(F)F)cc1. The van der Waals surface area contributed by atoms with E-state index in [2.05, 4.69) is 20.4 Å². The molecule has 0 atom stereocenters. The standard InChI is InChI=1S/C32H31F7N4O4/c33-25-16-22(46-15-3-1-2-13-31(34,35)36)10-11-23(25)27-17-24(26(40)12-14-41-18-19-4-5-19)28(30(45)43-27)29(44)42-20-6-8-21(9-7-20)47-32(37,38)39/h6-12,14,16-17,19,40-41H,1-5,13,15,18H2,(H,42,44)(H,43,45)/b14-12-,40-26?. The fourth-order valence-electron chi connectivity index (χ4n) is 4.46. The van der Waals surface area contributed by atoms with Crippen LogP contribution in [-0.2, 0) is 0 Å². The van der Waals surface area contributed by atoms with Gasteiger partial charge in [-0.05, 0) is 92.8 Å². The van der Waals surface area contributed by atoms with Gasteiger partial charge in [0.05, 0.1) is 18.0 Å². The number of allylic oxidation sites excluding steroid dienone is 1. The zero-order chi connectivity index (χ0) is 34.2. The van der Waals surface area contributed by atoms with E-state index in [4.69, 9.17) is 10.1 Å². The number of unbranched alkanes of at least 4 members (excludes halogenated alkanes) is 2.